The number of hydrogen-bond acceptors (Lipinski definition) is 5. The van der Waals surface area contributed by atoms with Gasteiger partial charge in [0.15, 0.2) is 16.5 Å². The van der Waals surface area contributed by atoms with Crippen LogP contribution in [0.4, 0.5) is 0 Å². The number of fused-ring (bicyclic) bond motifs is 1. The second kappa shape index (κ2) is 6.61. The zero-order chi connectivity index (χ0) is 17.4. The van der Waals surface area contributed by atoms with E-state index in [1.807, 2.05) is 35.3 Å². The zero-order valence-electron chi connectivity index (χ0n) is 14.4. The molecule has 0 aliphatic carbocycles. The summed E-state index contributed by atoms with van der Waals surface area (Å²) in [6.07, 6.45) is 3.40. The molecule has 0 spiro atoms. The Bertz CT molecular complexity index is 858. The van der Waals surface area contributed by atoms with Gasteiger partial charge in [0.05, 0.1) is 10.2 Å². The SMILES string of the molecule is C[C@H]1CCC[C@H](C)N1NC(=O)c1ccc(-c2nc3ccccc3s2)o1. The van der Waals surface area contributed by atoms with Crippen molar-refractivity contribution in [3.05, 3.63) is 42.2 Å². The lowest BCUT2D eigenvalue weighted by molar-refractivity contribution is 0.0351. The summed E-state index contributed by atoms with van der Waals surface area (Å²) in [4.78, 5) is 17.1. The quantitative estimate of drug-likeness (QED) is 0.753. The van der Waals surface area contributed by atoms with E-state index in [1.165, 1.54) is 6.42 Å². The number of hydrogen-bond donors (Lipinski definition) is 1. The first-order valence-corrected chi connectivity index (χ1v) is 9.48. The molecule has 3 aromatic rings. The molecule has 1 aliphatic heterocycles. The highest BCUT2D eigenvalue weighted by Crippen LogP contribution is 2.31. The third kappa shape index (κ3) is 3.19. The summed E-state index contributed by atoms with van der Waals surface area (Å²) in [7, 11) is 0. The Balaban J connectivity index is 1.53. The summed E-state index contributed by atoms with van der Waals surface area (Å²) in [5.74, 6) is 0.748. The topological polar surface area (TPSA) is 58.4 Å². The van der Waals surface area contributed by atoms with Crippen molar-refractivity contribution in [1.29, 1.82) is 0 Å². The summed E-state index contributed by atoms with van der Waals surface area (Å²) in [5, 5.41) is 2.84. The van der Waals surface area contributed by atoms with Crippen molar-refractivity contribution in [2.45, 2.75) is 45.2 Å². The molecule has 25 heavy (non-hydrogen) atoms. The minimum atomic E-state index is -0.201. The summed E-state index contributed by atoms with van der Waals surface area (Å²) in [6, 6.07) is 12.2. The molecule has 2 atom stereocenters. The largest absolute Gasteiger partial charge is 0.448 e. The van der Waals surface area contributed by atoms with Gasteiger partial charge in [-0.25, -0.2) is 9.99 Å². The second-order valence-electron chi connectivity index (χ2n) is 6.63. The van der Waals surface area contributed by atoms with Crippen LogP contribution in [0.3, 0.4) is 0 Å². The van der Waals surface area contributed by atoms with Crippen molar-refractivity contribution >= 4 is 27.5 Å². The van der Waals surface area contributed by atoms with Gasteiger partial charge in [-0.15, -0.1) is 11.3 Å². The maximum absolute atomic E-state index is 12.6. The summed E-state index contributed by atoms with van der Waals surface area (Å²) in [5.41, 5.74) is 3.95. The fourth-order valence-electron chi connectivity index (χ4n) is 3.37. The number of hydrazine groups is 1. The average molecular weight is 355 g/mol. The predicted octanol–water partition coefficient (Wildman–Crippen LogP) is 4.46. The molecule has 2 aromatic heterocycles. The van der Waals surface area contributed by atoms with Gasteiger partial charge in [-0.1, -0.05) is 18.6 Å². The van der Waals surface area contributed by atoms with Gasteiger partial charge in [-0.2, -0.15) is 0 Å². The van der Waals surface area contributed by atoms with E-state index in [9.17, 15) is 4.79 Å². The van der Waals surface area contributed by atoms with Crippen LogP contribution in [0.15, 0.2) is 40.8 Å². The van der Waals surface area contributed by atoms with Gasteiger partial charge in [0.1, 0.15) is 0 Å². The Morgan fingerprint density at radius 1 is 1.20 bits per heavy atom. The fraction of sp³-hybridized carbons (Fsp3) is 0.368. The fourth-order valence-corrected chi connectivity index (χ4v) is 4.29. The van der Waals surface area contributed by atoms with Crippen LogP contribution in [-0.2, 0) is 0 Å². The van der Waals surface area contributed by atoms with Crippen molar-refractivity contribution in [1.82, 2.24) is 15.4 Å². The standard InChI is InChI=1S/C19H21N3O2S/c1-12-6-5-7-13(2)22(12)21-18(23)15-10-11-16(24-15)19-20-14-8-3-4-9-17(14)25-19/h3-4,8-13H,5-7H2,1-2H3,(H,21,23)/t12-,13-/m0/s1. The van der Waals surface area contributed by atoms with E-state index >= 15 is 0 Å². The number of furan rings is 1. The lowest BCUT2D eigenvalue weighted by Gasteiger charge is -2.38. The van der Waals surface area contributed by atoms with Gasteiger partial charge in [0.25, 0.3) is 0 Å². The number of aromatic nitrogens is 1. The number of thiazole rings is 1. The molecular weight excluding hydrogens is 334 g/mol. The highest BCUT2D eigenvalue weighted by molar-refractivity contribution is 7.21. The Kier molecular flexibility index (Phi) is 4.31. The Labute approximate surface area is 150 Å². The maximum Gasteiger partial charge on any atom is 0.301 e. The van der Waals surface area contributed by atoms with Crippen LogP contribution >= 0.6 is 11.3 Å². The number of nitrogens with one attached hydrogen (secondary N) is 1. The molecule has 1 fully saturated rings. The van der Waals surface area contributed by atoms with E-state index in [2.05, 4.69) is 24.3 Å². The van der Waals surface area contributed by atoms with Gasteiger partial charge in [0.2, 0.25) is 0 Å². The number of para-hydroxylation sites is 1. The molecule has 0 bridgehead atoms. The second-order valence-corrected chi connectivity index (χ2v) is 7.66. The van der Waals surface area contributed by atoms with Gasteiger partial charge >= 0.3 is 5.91 Å². The van der Waals surface area contributed by atoms with Crippen LogP contribution in [0.5, 0.6) is 0 Å². The Morgan fingerprint density at radius 2 is 1.96 bits per heavy atom. The molecule has 5 nitrogen and oxygen atoms in total. The number of amides is 1. The molecule has 1 amide bonds. The number of nitrogens with zero attached hydrogens (tertiary/aromatic N) is 2. The van der Waals surface area contributed by atoms with E-state index in [4.69, 9.17) is 4.42 Å². The van der Waals surface area contributed by atoms with Crippen LogP contribution in [0.2, 0.25) is 0 Å². The minimum Gasteiger partial charge on any atom is -0.448 e. The minimum absolute atomic E-state index is 0.201. The Morgan fingerprint density at radius 3 is 2.72 bits per heavy atom. The van der Waals surface area contributed by atoms with Crippen molar-refractivity contribution in [2.24, 2.45) is 0 Å². The van der Waals surface area contributed by atoms with Crippen molar-refractivity contribution in [3.8, 4) is 10.8 Å². The van der Waals surface area contributed by atoms with Crippen LogP contribution in [0.1, 0.15) is 43.7 Å². The summed E-state index contributed by atoms with van der Waals surface area (Å²) >= 11 is 1.56. The van der Waals surface area contributed by atoms with Crippen molar-refractivity contribution in [2.75, 3.05) is 0 Å². The van der Waals surface area contributed by atoms with Crippen LogP contribution < -0.4 is 5.43 Å². The Hall–Kier alpha value is -2.18. The van der Waals surface area contributed by atoms with Crippen LogP contribution in [0.25, 0.3) is 21.0 Å². The van der Waals surface area contributed by atoms with E-state index < -0.39 is 0 Å². The lowest BCUT2D eigenvalue weighted by atomic mass is 10.00. The number of carbonyl (C=O) groups excluding carboxylic acids is 1. The van der Waals surface area contributed by atoms with Crippen molar-refractivity contribution in [3.63, 3.8) is 0 Å². The predicted molar refractivity (Wildman–Crippen MR) is 99.4 cm³/mol. The number of piperidine rings is 1. The molecule has 130 valence electrons. The number of carbonyl (C=O) groups is 1. The van der Waals surface area contributed by atoms with Gasteiger partial charge < -0.3 is 4.42 Å². The highest BCUT2D eigenvalue weighted by Gasteiger charge is 2.27. The van der Waals surface area contributed by atoms with Gasteiger partial charge in [-0.3, -0.25) is 10.2 Å². The highest BCUT2D eigenvalue weighted by atomic mass is 32.1. The first-order chi connectivity index (χ1) is 12.1. The van der Waals surface area contributed by atoms with E-state index in [0.717, 1.165) is 28.1 Å². The molecule has 1 saturated heterocycles. The molecular formula is C19H21N3O2S. The smallest absolute Gasteiger partial charge is 0.301 e. The van der Waals surface area contributed by atoms with Gasteiger partial charge in [0, 0.05) is 12.1 Å². The van der Waals surface area contributed by atoms with Gasteiger partial charge in [-0.05, 0) is 51.0 Å². The maximum atomic E-state index is 12.6. The average Bonchev–Trinajstić information content (AvgIpc) is 3.24. The molecule has 3 heterocycles. The van der Waals surface area contributed by atoms with E-state index in [1.54, 1.807) is 17.4 Å². The molecule has 1 aliphatic rings. The molecule has 0 unspecified atom stereocenters. The molecule has 0 radical (unpaired) electrons. The number of benzene rings is 1. The molecule has 4 rings (SSSR count). The summed E-state index contributed by atoms with van der Waals surface area (Å²) < 4.78 is 6.89. The van der Waals surface area contributed by atoms with Crippen LogP contribution in [0, 0.1) is 0 Å². The van der Waals surface area contributed by atoms with E-state index in [-0.39, 0.29) is 5.91 Å². The number of rotatable bonds is 3. The summed E-state index contributed by atoms with van der Waals surface area (Å²) in [6.45, 7) is 4.29. The third-order valence-corrected chi connectivity index (χ3v) is 5.81. The molecule has 1 aromatic carbocycles. The zero-order valence-corrected chi connectivity index (χ0v) is 15.2. The van der Waals surface area contributed by atoms with E-state index in [0.29, 0.717) is 23.6 Å². The molecule has 0 saturated carbocycles. The molecule has 1 N–H and O–H groups in total. The third-order valence-electron chi connectivity index (χ3n) is 4.76. The molecule has 6 heteroatoms. The lowest BCUT2D eigenvalue weighted by Crippen LogP contribution is -2.54. The van der Waals surface area contributed by atoms with Crippen LogP contribution in [-0.4, -0.2) is 28.0 Å². The van der Waals surface area contributed by atoms with Crippen molar-refractivity contribution < 1.29 is 9.21 Å². The monoisotopic (exact) mass is 355 g/mol. The normalized spacial score (nSPS) is 21.5. The first kappa shape index (κ1) is 16.3. The first-order valence-electron chi connectivity index (χ1n) is 8.67.